The summed E-state index contributed by atoms with van der Waals surface area (Å²) in [6, 6.07) is 0. The van der Waals surface area contributed by atoms with E-state index in [0.717, 1.165) is 38.0 Å². The van der Waals surface area contributed by atoms with Crippen molar-refractivity contribution in [3.63, 3.8) is 0 Å². The minimum Gasteiger partial charge on any atom is -0.468 e. The van der Waals surface area contributed by atoms with Crippen LogP contribution in [-0.4, -0.2) is 42.6 Å². The molecule has 0 N–H and O–H groups in total. The fourth-order valence-corrected chi connectivity index (χ4v) is 3.75. The monoisotopic (exact) mass is 321 g/mol. The van der Waals surface area contributed by atoms with E-state index in [1.807, 2.05) is 6.92 Å². The molecule has 1 saturated heterocycles. The number of hydrogen-bond donors (Lipinski definition) is 0. The molecule has 5 heteroatoms. The second-order valence-corrected chi connectivity index (χ2v) is 7.17. The Morgan fingerprint density at radius 1 is 1.26 bits per heavy atom. The van der Waals surface area contributed by atoms with Crippen molar-refractivity contribution in [2.24, 2.45) is 11.3 Å². The fourth-order valence-electron chi connectivity index (χ4n) is 3.75. The van der Waals surface area contributed by atoms with Crippen LogP contribution < -0.4 is 0 Å². The Morgan fingerprint density at radius 2 is 1.87 bits per heavy atom. The van der Waals surface area contributed by atoms with Gasteiger partial charge in [-0.3, -0.25) is 14.4 Å². The summed E-state index contributed by atoms with van der Waals surface area (Å²) in [6.07, 6.45) is 3.92. The molecule has 23 heavy (non-hydrogen) atoms. The average Bonchev–Trinajstić information content (AvgIpc) is 2.98. The first-order chi connectivity index (χ1) is 10.8. The van der Waals surface area contributed by atoms with Crippen LogP contribution in [0, 0.1) is 11.3 Å². The number of carbonyl (C=O) groups is 3. The third-order valence-electron chi connectivity index (χ3n) is 4.89. The van der Waals surface area contributed by atoms with Crippen molar-refractivity contribution in [2.45, 2.75) is 52.9 Å². The minimum absolute atomic E-state index is 0.129. The molecule has 2 aliphatic rings. The number of allylic oxidation sites excluding steroid dienone is 2. The van der Waals surface area contributed by atoms with E-state index in [4.69, 9.17) is 4.74 Å². The maximum absolute atomic E-state index is 13.0. The van der Waals surface area contributed by atoms with Crippen molar-refractivity contribution in [2.75, 3.05) is 20.2 Å². The van der Waals surface area contributed by atoms with Crippen molar-refractivity contribution >= 4 is 17.5 Å². The first-order valence-electron chi connectivity index (χ1n) is 8.46. The highest BCUT2D eigenvalue weighted by Crippen LogP contribution is 2.41. The summed E-state index contributed by atoms with van der Waals surface area (Å²) in [6.45, 7) is 7.38. The normalized spacial score (nSPS) is 26.4. The number of Topliss-reactive ketones (excluding diaryl/α,β-unsaturated/α-hetero) is 2. The molecule has 5 nitrogen and oxygen atoms in total. The Balaban J connectivity index is 2.50. The van der Waals surface area contributed by atoms with Crippen molar-refractivity contribution in [3.8, 4) is 0 Å². The standard InChI is InChI=1S/C18H27NO4/c1-5-8-12(19-9-6-7-10-19)14-13(20)11-18(2,3)15(16(14)21)17(22)23-4/h15H,5-11H2,1-4H3/b14-12+. The Hall–Kier alpha value is -1.65. The molecule has 1 atom stereocenters. The molecular weight excluding hydrogens is 294 g/mol. The van der Waals surface area contributed by atoms with Gasteiger partial charge in [-0.2, -0.15) is 0 Å². The second-order valence-electron chi connectivity index (χ2n) is 7.17. The van der Waals surface area contributed by atoms with Crippen LogP contribution in [0.25, 0.3) is 0 Å². The molecule has 128 valence electrons. The van der Waals surface area contributed by atoms with Gasteiger partial charge in [-0.15, -0.1) is 0 Å². The SMILES string of the molecule is CCC/C(=C1/C(=O)CC(C)(C)C(C(=O)OC)C1=O)N1CCCC1. The van der Waals surface area contributed by atoms with Crippen molar-refractivity contribution in [1.29, 1.82) is 0 Å². The van der Waals surface area contributed by atoms with E-state index in [9.17, 15) is 14.4 Å². The molecule has 1 heterocycles. The summed E-state index contributed by atoms with van der Waals surface area (Å²) in [4.78, 5) is 40.0. The van der Waals surface area contributed by atoms with Gasteiger partial charge in [0.1, 0.15) is 5.92 Å². The predicted octanol–water partition coefficient (Wildman–Crippen LogP) is 2.49. The number of hydrogen-bond acceptors (Lipinski definition) is 5. The number of ketones is 2. The highest BCUT2D eigenvalue weighted by molar-refractivity contribution is 6.27. The van der Waals surface area contributed by atoms with Gasteiger partial charge in [0.2, 0.25) is 0 Å². The number of nitrogens with zero attached hydrogens (tertiary/aromatic N) is 1. The van der Waals surface area contributed by atoms with Gasteiger partial charge < -0.3 is 9.64 Å². The Bertz CT molecular complexity index is 541. The van der Waals surface area contributed by atoms with Gasteiger partial charge in [0.25, 0.3) is 0 Å². The lowest BCUT2D eigenvalue weighted by molar-refractivity contribution is -0.155. The number of ether oxygens (including phenoxy) is 1. The Kier molecular flexibility index (Phi) is 5.27. The molecule has 1 aliphatic heterocycles. The van der Waals surface area contributed by atoms with Crippen LogP contribution >= 0.6 is 0 Å². The Labute approximate surface area is 138 Å². The van der Waals surface area contributed by atoms with Crippen LogP contribution in [-0.2, 0) is 19.1 Å². The first-order valence-corrected chi connectivity index (χ1v) is 8.46. The van der Waals surface area contributed by atoms with Gasteiger partial charge in [-0.05, 0) is 24.7 Å². The fraction of sp³-hybridized carbons (Fsp3) is 0.722. The number of carbonyl (C=O) groups excluding carboxylic acids is 3. The molecule has 0 aromatic heterocycles. The summed E-state index contributed by atoms with van der Waals surface area (Å²) in [5.74, 6) is -1.92. The number of esters is 1. The van der Waals surface area contributed by atoms with Gasteiger partial charge in [0.05, 0.1) is 12.7 Å². The summed E-state index contributed by atoms with van der Waals surface area (Å²) in [7, 11) is 1.29. The zero-order valence-electron chi connectivity index (χ0n) is 14.6. The number of methoxy groups -OCH3 is 1. The van der Waals surface area contributed by atoms with Gasteiger partial charge >= 0.3 is 5.97 Å². The summed E-state index contributed by atoms with van der Waals surface area (Å²) >= 11 is 0. The van der Waals surface area contributed by atoms with E-state index >= 15 is 0 Å². The molecule has 0 amide bonds. The minimum atomic E-state index is -0.894. The third-order valence-corrected chi connectivity index (χ3v) is 4.89. The molecule has 0 bridgehead atoms. The van der Waals surface area contributed by atoms with Gasteiger partial charge in [-0.25, -0.2) is 0 Å². The van der Waals surface area contributed by atoms with Crippen molar-refractivity contribution in [3.05, 3.63) is 11.3 Å². The molecule has 2 rings (SSSR count). The smallest absolute Gasteiger partial charge is 0.317 e. The van der Waals surface area contributed by atoms with Crippen molar-refractivity contribution < 1.29 is 19.1 Å². The molecule has 0 radical (unpaired) electrons. The van der Waals surface area contributed by atoms with E-state index in [2.05, 4.69) is 4.90 Å². The van der Waals surface area contributed by atoms with Gasteiger partial charge in [0.15, 0.2) is 11.6 Å². The Morgan fingerprint density at radius 3 is 2.39 bits per heavy atom. The molecule has 1 unspecified atom stereocenters. The molecule has 0 aromatic carbocycles. The topological polar surface area (TPSA) is 63.7 Å². The van der Waals surface area contributed by atoms with Gasteiger partial charge in [-0.1, -0.05) is 27.2 Å². The van der Waals surface area contributed by atoms with Crippen molar-refractivity contribution in [1.82, 2.24) is 4.90 Å². The van der Waals surface area contributed by atoms with Gasteiger partial charge in [0, 0.05) is 25.2 Å². The zero-order chi connectivity index (χ0) is 17.2. The molecule has 1 aliphatic carbocycles. The first kappa shape index (κ1) is 17.7. The van der Waals surface area contributed by atoms with Crippen LogP contribution in [0.1, 0.15) is 52.9 Å². The summed E-state index contributed by atoms with van der Waals surface area (Å²) < 4.78 is 4.84. The van der Waals surface area contributed by atoms with Crippen LogP contribution in [0.2, 0.25) is 0 Å². The largest absolute Gasteiger partial charge is 0.468 e. The number of likely N-dealkylation sites (tertiary alicyclic amines) is 1. The second kappa shape index (κ2) is 6.85. The maximum Gasteiger partial charge on any atom is 0.317 e. The lowest BCUT2D eigenvalue weighted by Crippen LogP contribution is -2.47. The highest BCUT2D eigenvalue weighted by Gasteiger charge is 2.50. The number of rotatable bonds is 4. The summed E-state index contributed by atoms with van der Waals surface area (Å²) in [5.41, 5.74) is 0.389. The van der Waals surface area contributed by atoms with E-state index in [1.54, 1.807) is 13.8 Å². The van der Waals surface area contributed by atoms with E-state index in [0.29, 0.717) is 6.42 Å². The predicted molar refractivity (Wildman–Crippen MR) is 86.7 cm³/mol. The quantitative estimate of drug-likeness (QED) is 0.344. The van der Waals surface area contributed by atoms with Crippen LogP contribution in [0.15, 0.2) is 11.3 Å². The van der Waals surface area contributed by atoms with Crippen LogP contribution in [0.3, 0.4) is 0 Å². The maximum atomic E-state index is 13.0. The van der Waals surface area contributed by atoms with E-state index < -0.39 is 17.3 Å². The van der Waals surface area contributed by atoms with Crippen LogP contribution in [0.4, 0.5) is 0 Å². The lowest BCUT2D eigenvalue weighted by atomic mass is 9.65. The third kappa shape index (κ3) is 3.33. The van der Waals surface area contributed by atoms with E-state index in [1.165, 1.54) is 7.11 Å². The van der Waals surface area contributed by atoms with Crippen LogP contribution in [0.5, 0.6) is 0 Å². The lowest BCUT2D eigenvalue weighted by Gasteiger charge is -2.37. The highest BCUT2D eigenvalue weighted by atomic mass is 16.5. The molecular formula is C18H27NO4. The molecule has 2 fully saturated rings. The van der Waals surface area contributed by atoms with E-state index in [-0.39, 0.29) is 23.6 Å². The molecule has 0 aromatic rings. The summed E-state index contributed by atoms with van der Waals surface area (Å²) in [5, 5.41) is 0. The molecule has 0 spiro atoms. The molecule has 1 saturated carbocycles. The zero-order valence-corrected chi connectivity index (χ0v) is 14.6. The average molecular weight is 321 g/mol.